The Morgan fingerprint density at radius 1 is 1.17 bits per heavy atom. The third-order valence-corrected chi connectivity index (χ3v) is 3.44. The lowest BCUT2D eigenvalue weighted by Gasteiger charge is -2.14. The normalized spacial score (nSPS) is 12.7. The van der Waals surface area contributed by atoms with Gasteiger partial charge in [-0.2, -0.15) is 4.99 Å². The van der Waals surface area contributed by atoms with Gasteiger partial charge in [0.2, 0.25) is 0 Å². The number of nitrogens with two attached hydrogens (primary N) is 1. The minimum atomic E-state index is -0.814. The van der Waals surface area contributed by atoms with Crippen LogP contribution in [0.3, 0.4) is 0 Å². The highest BCUT2D eigenvalue weighted by Crippen LogP contribution is 2.29. The van der Waals surface area contributed by atoms with Crippen LogP contribution in [0.1, 0.15) is 17.3 Å². The lowest BCUT2D eigenvalue weighted by molar-refractivity contribution is 0.100. The number of hydrogen-bond donors (Lipinski definition) is 3. The second-order valence-electron chi connectivity index (χ2n) is 5.98. The van der Waals surface area contributed by atoms with Gasteiger partial charge in [0.25, 0.3) is 5.91 Å². The van der Waals surface area contributed by atoms with Crippen LogP contribution in [0.25, 0.3) is 0 Å². The summed E-state index contributed by atoms with van der Waals surface area (Å²) in [5.41, 5.74) is 5.73. The van der Waals surface area contributed by atoms with Crippen molar-refractivity contribution in [3.8, 4) is 17.2 Å². The molecule has 0 heterocycles. The van der Waals surface area contributed by atoms with E-state index in [-0.39, 0.29) is 35.3 Å². The zero-order valence-electron chi connectivity index (χ0n) is 15.9. The highest BCUT2D eigenvalue weighted by Gasteiger charge is 2.13. The van der Waals surface area contributed by atoms with Crippen molar-refractivity contribution in [2.45, 2.75) is 13.0 Å². The van der Waals surface area contributed by atoms with Gasteiger partial charge in [-0.05, 0) is 31.3 Å². The first-order chi connectivity index (χ1) is 13.8. The van der Waals surface area contributed by atoms with Crippen LogP contribution in [0.5, 0.6) is 17.2 Å². The maximum absolute atomic E-state index is 13.4. The smallest absolute Gasteiger partial charge is 0.279 e. The van der Waals surface area contributed by atoms with E-state index in [1.807, 2.05) is 0 Å². The standard InChI is InChI=1S/C20H21F2N3O4/c1-12(11-26)28-16-5-13(20(27)25-19(23)3-4-24-2)6-17(10-16)29-18-8-14(21)7-15(22)9-18/h3-10,12,24,26H,11H2,1-2H3,(H2,23,25,27)/b4-3-/t12-/m0/s1. The first kappa shape index (κ1) is 21.8. The minimum Gasteiger partial charge on any atom is -0.488 e. The van der Waals surface area contributed by atoms with Crippen LogP contribution in [-0.2, 0) is 0 Å². The van der Waals surface area contributed by atoms with Crippen LogP contribution in [0, 0.1) is 11.6 Å². The molecule has 2 aromatic rings. The molecule has 4 N–H and O–H groups in total. The summed E-state index contributed by atoms with van der Waals surface area (Å²) >= 11 is 0. The van der Waals surface area contributed by atoms with Gasteiger partial charge >= 0.3 is 0 Å². The maximum Gasteiger partial charge on any atom is 0.279 e. The molecule has 0 aliphatic rings. The molecule has 0 bridgehead atoms. The molecule has 1 atom stereocenters. The van der Waals surface area contributed by atoms with E-state index >= 15 is 0 Å². The molecule has 2 aromatic carbocycles. The molecular weight excluding hydrogens is 384 g/mol. The minimum absolute atomic E-state index is 0.0333. The zero-order valence-corrected chi connectivity index (χ0v) is 15.9. The predicted octanol–water partition coefficient (Wildman–Crippen LogP) is 2.75. The van der Waals surface area contributed by atoms with E-state index in [1.165, 1.54) is 30.5 Å². The number of aliphatic hydroxyl groups is 1. The van der Waals surface area contributed by atoms with Crippen LogP contribution < -0.4 is 20.5 Å². The molecule has 0 unspecified atom stereocenters. The van der Waals surface area contributed by atoms with E-state index in [0.29, 0.717) is 6.07 Å². The molecule has 7 nitrogen and oxygen atoms in total. The van der Waals surface area contributed by atoms with Crippen LogP contribution in [0.15, 0.2) is 53.7 Å². The summed E-state index contributed by atoms with van der Waals surface area (Å²) in [6.45, 7) is 1.36. The summed E-state index contributed by atoms with van der Waals surface area (Å²) in [5, 5.41) is 11.9. The van der Waals surface area contributed by atoms with Gasteiger partial charge < -0.3 is 25.6 Å². The molecule has 0 saturated carbocycles. The van der Waals surface area contributed by atoms with Crippen molar-refractivity contribution in [3.63, 3.8) is 0 Å². The van der Waals surface area contributed by atoms with Crippen LogP contribution in [0.4, 0.5) is 8.78 Å². The van der Waals surface area contributed by atoms with E-state index in [2.05, 4.69) is 10.3 Å². The first-order valence-electron chi connectivity index (χ1n) is 8.59. The molecule has 0 radical (unpaired) electrons. The van der Waals surface area contributed by atoms with Crippen molar-refractivity contribution in [1.29, 1.82) is 0 Å². The van der Waals surface area contributed by atoms with Crippen LogP contribution >= 0.6 is 0 Å². The van der Waals surface area contributed by atoms with Gasteiger partial charge in [-0.15, -0.1) is 0 Å². The van der Waals surface area contributed by atoms with Crippen molar-refractivity contribution in [1.82, 2.24) is 5.32 Å². The SMILES string of the molecule is CN/C=C\C(N)=NC(=O)c1cc(Oc2cc(F)cc(F)c2)cc(O[C@@H](C)CO)c1. The van der Waals surface area contributed by atoms with Gasteiger partial charge in [0, 0.05) is 36.9 Å². The molecule has 29 heavy (non-hydrogen) atoms. The summed E-state index contributed by atoms with van der Waals surface area (Å²) in [6, 6.07) is 6.84. The Labute approximate surface area is 166 Å². The molecule has 0 aromatic heterocycles. The number of nitrogens with zero attached hydrogens (tertiary/aromatic N) is 1. The third-order valence-electron chi connectivity index (χ3n) is 3.44. The summed E-state index contributed by atoms with van der Waals surface area (Å²) in [7, 11) is 1.66. The van der Waals surface area contributed by atoms with Gasteiger partial charge in [-0.25, -0.2) is 8.78 Å². The lowest BCUT2D eigenvalue weighted by atomic mass is 10.2. The van der Waals surface area contributed by atoms with Crippen molar-refractivity contribution in [2.24, 2.45) is 10.7 Å². The van der Waals surface area contributed by atoms with Crippen molar-refractivity contribution in [3.05, 3.63) is 65.9 Å². The van der Waals surface area contributed by atoms with E-state index in [4.69, 9.17) is 15.2 Å². The van der Waals surface area contributed by atoms with Crippen LogP contribution in [-0.4, -0.2) is 36.6 Å². The second kappa shape index (κ2) is 10.2. The molecule has 154 valence electrons. The highest BCUT2D eigenvalue weighted by molar-refractivity contribution is 6.06. The number of rotatable bonds is 8. The predicted molar refractivity (Wildman–Crippen MR) is 104 cm³/mol. The van der Waals surface area contributed by atoms with E-state index < -0.39 is 23.6 Å². The Morgan fingerprint density at radius 2 is 1.79 bits per heavy atom. The summed E-state index contributed by atoms with van der Waals surface area (Å²) in [4.78, 5) is 16.2. The summed E-state index contributed by atoms with van der Waals surface area (Å²) in [5.74, 6) is -2.16. The fourth-order valence-electron chi connectivity index (χ4n) is 2.20. The van der Waals surface area contributed by atoms with Gasteiger partial charge in [0.15, 0.2) is 0 Å². The summed E-state index contributed by atoms with van der Waals surface area (Å²) < 4.78 is 37.8. The Bertz CT molecular complexity index is 912. The molecule has 0 saturated heterocycles. The van der Waals surface area contributed by atoms with Crippen molar-refractivity contribution >= 4 is 11.7 Å². The maximum atomic E-state index is 13.4. The van der Waals surface area contributed by atoms with E-state index in [0.717, 1.165) is 12.1 Å². The molecule has 0 aliphatic carbocycles. The van der Waals surface area contributed by atoms with Gasteiger partial charge in [0.05, 0.1) is 6.61 Å². The number of halogens is 2. The van der Waals surface area contributed by atoms with Crippen molar-refractivity contribution < 1.29 is 28.2 Å². The van der Waals surface area contributed by atoms with Crippen LogP contribution in [0.2, 0.25) is 0 Å². The molecule has 0 spiro atoms. The fraction of sp³-hybridized carbons (Fsp3) is 0.200. The van der Waals surface area contributed by atoms with E-state index in [9.17, 15) is 18.7 Å². The number of aliphatic hydroxyl groups excluding tert-OH is 1. The molecular formula is C20H21F2N3O4. The number of carbonyl (C=O) groups is 1. The third kappa shape index (κ3) is 6.89. The molecule has 2 rings (SSSR count). The number of aliphatic imine (C=N–C) groups is 1. The Kier molecular flexibility index (Phi) is 7.67. The molecule has 0 aliphatic heterocycles. The number of carbonyl (C=O) groups excluding carboxylic acids is 1. The van der Waals surface area contributed by atoms with Gasteiger partial charge in [-0.3, -0.25) is 4.79 Å². The Morgan fingerprint density at radius 3 is 2.41 bits per heavy atom. The van der Waals surface area contributed by atoms with Crippen molar-refractivity contribution in [2.75, 3.05) is 13.7 Å². The number of nitrogens with one attached hydrogen (secondary N) is 1. The number of benzene rings is 2. The largest absolute Gasteiger partial charge is 0.488 e. The number of amides is 1. The molecule has 1 amide bonds. The number of amidine groups is 1. The quantitative estimate of drug-likeness (QED) is 0.461. The Balaban J connectivity index is 2.39. The average Bonchev–Trinajstić information content (AvgIpc) is 2.65. The zero-order chi connectivity index (χ0) is 21.4. The van der Waals surface area contributed by atoms with E-state index in [1.54, 1.807) is 14.0 Å². The Hall–Kier alpha value is -3.46. The topological polar surface area (TPSA) is 106 Å². The highest BCUT2D eigenvalue weighted by atomic mass is 19.1. The number of ether oxygens (including phenoxy) is 2. The lowest BCUT2D eigenvalue weighted by Crippen LogP contribution is -2.16. The first-order valence-corrected chi connectivity index (χ1v) is 8.59. The molecule has 0 fully saturated rings. The molecule has 9 heteroatoms. The average molecular weight is 405 g/mol. The fourth-order valence-corrected chi connectivity index (χ4v) is 2.20. The second-order valence-corrected chi connectivity index (χ2v) is 5.98. The number of hydrogen-bond acceptors (Lipinski definition) is 5. The van der Waals surface area contributed by atoms with Gasteiger partial charge in [0.1, 0.15) is 40.8 Å². The monoisotopic (exact) mass is 405 g/mol. The summed E-state index contributed by atoms with van der Waals surface area (Å²) in [6.07, 6.45) is 2.34. The van der Waals surface area contributed by atoms with Gasteiger partial charge in [-0.1, -0.05) is 0 Å².